The molecule has 14 heavy (non-hydrogen) atoms. The molecule has 0 atom stereocenters. The minimum atomic E-state index is 0.715. The second kappa shape index (κ2) is 5.44. The fraction of sp³-hybridized carbons (Fsp3) is 0.500. The summed E-state index contributed by atoms with van der Waals surface area (Å²) in [7, 11) is 3.72. The number of nitrogen functional groups attached to an aromatic ring is 1. The topological polar surface area (TPSA) is 51.4 Å². The summed E-state index contributed by atoms with van der Waals surface area (Å²) in [5, 5.41) is 0. The van der Waals surface area contributed by atoms with Gasteiger partial charge in [0.25, 0.3) is 0 Å². The van der Waals surface area contributed by atoms with E-state index in [9.17, 15) is 0 Å². The van der Waals surface area contributed by atoms with Gasteiger partial charge in [-0.25, -0.2) is 0 Å². The second-order valence-electron chi connectivity index (χ2n) is 3.20. The number of methoxy groups -OCH3 is 1. The molecule has 4 nitrogen and oxygen atoms in total. The number of anilines is 2. The summed E-state index contributed by atoms with van der Waals surface area (Å²) in [6.07, 6.45) is 4.41. The Bertz CT molecular complexity index is 278. The van der Waals surface area contributed by atoms with Crippen molar-refractivity contribution < 1.29 is 4.74 Å². The van der Waals surface area contributed by atoms with E-state index in [2.05, 4.69) is 9.88 Å². The van der Waals surface area contributed by atoms with Crippen LogP contribution in [0.15, 0.2) is 18.5 Å². The molecule has 0 spiro atoms. The number of rotatable bonds is 5. The molecule has 0 aromatic carbocycles. The number of hydrogen-bond donors (Lipinski definition) is 1. The number of ether oxygens (including phenoxy) is 1. The molecule has 2 N–H and O–H groups in total. The fourth-order valence-corrected chi connectivity index (χ4v) is 1.31. The van der Waals surface area contributed by atoms with E-state index in [0.717, 1.165) is 25.3 Å². The largest absolute Gasteiger partial charge is 0.396 e. The van der Waals surface area contributed by atoms with Crippen molar-refractivity contribution in [3.63, 3.8) is 0 Å². The Morgan fingerprint density at radius 2 is 2.36 bits per heavy atom. The number of nitrogens with zero attached hydrogens (tertiary/aromatic N) is 2. The average molecular weight is 195 g/mol. The van der Waals surface area contributed by atoms with Crippen molar-refractivity contribution in [3.05, 3.63) is 18.5 Å². The Labute approximate surface area is 84.7 Å². The first kappa shape index (κ1) is 10.8. The molecule has 1 heterocycles. The van der Waals surface area contributed by atoms with Crippen molar-refractivity contribution >= 4 is 11.4 Å². The van der Waals surface area contributed by atoms with Crippen LogP contribution in [0.1, 0.15) is 6.42 Å². The Hall–Kier alpha value is -1.29. The normalized spacial score (nSPS) is 10.1. The van der Waals surface area contributed by atoms with Crippen LogP contribution in [-0.2, 0) is 4.74 Å². The van der Waals surface area contributed by atoms with Crippen molar-refractivity contribution in [1.82, 2.24) is 4.98 Å². The average Bonchev–Trinajstić information content (AvgIpc) is 2.18. The standard InChI is InChI=1S/C10H17N3O/c1-13(6-3-7-14-2)10-4-5-12-8-9(10)11/h4-5,8H,3,6-7,11H2,1-2H3. The molecule has 0 saturated heterocycles. The van der Waals surface area contributed by atoms with Gasteiger partial charge in [-0.05, 0) is 12.5 Å². The van der Waals surface area contributed by atoms with Gasteiger partial charge in [-0.15, -0.1) is 0 Å². The monoisotopic (exact) mass is 195 g/mol. The van der Waals surface area contributed by atoms with E-state index in [1.165, 1.54) is 0 Å². The van der Waals surface area contributed by atoms with E-state index in [4.69, 9.17) is 10.5 Å². The molecule has 0 fully saturated rings. The fourth-order valence-electron chi connectivity index (χ4n) is 1.31. The van der Waals surface area contributed by atoms with Gasteiger partial charge in [0.2, 0.25) is 0 Å². The van der Waals surface area contributed by atoms with Crippen molar-refractivity contribution in [2.45, 2.75) is 6.42 Å². The highest BCUT2D eigenvalue weighted by Gasteiger charge is 2.03. The molecule has 0 bridgehead atoms. The highest BCUT2D eigenvalue weighted by molar-refractivity contribution is 5.65. The van der Waals surface area contributed by atoms with E-state index in [-0.39, 0.29) is 0 Å². The van der Waals surface area contributed by atoms with Gasteiger partial charge in [0.05, 0.1) is 17.6 Å². The van der Waals surface area contributed by atoms with Gasteiger partial charge in [-0.3, -0.25) is 4.98 Å². The summed E-state index contributed by atoms with van der Waals surface area (Å²) >= 11 is 0. The van der Waals surface area contributed by atoms with Gasteiger partial charge in [0.1, 0.15) is 0 Å². The summed E-state index contributed by atoms with van der Waals surface area (Å²) in [6, 6.07) is 1.92. The van der Waals surface area contributed by atoms with Crippen LogP contribution in [0.5, 0.6) is 0 Å². The van der Waals surface area contributed by atoms with E-state index in [1.807, 2.05) is 13.1 Å². The summed E-state index contributed by atoms with van der Waals surface area (Å²) in [6.45, 7) is 1.71. The zero-order valence-corrected chi connectivity index (χ0v) is 8.73. The summed E-state index contributed by atoms with van der Waals surface area (Å²) < 4.78 is 4.99. The summed E-state index contributed by atoms with van der Waals surface area (Å²) in [4.78, 5) is 6.05. The van der Waals surface area contributed by atoms with Crippen molar-refractivity contribution in [3.8, 4) is 0 Å². The lowest BCUT2D eigenvalue weighted by Crippen LogP contribution is -2.20. The lowest BCUT2D eigenvalue weighted by Gasteiger charge is -2.20. The number of nitrogens with two attached hydrogens (primary N) is 1. The Balaban J connectivity index is 2.51. The molecule has 4 heteroatoms. The molecule has 0 aliphatic heterocycles. The van der Waals surface area contributed by atoms with Crippen molar-refractivity contribution in [1.29, 1.82) is 0 Å². The molecule has 0 radical (unpaired) electrons. The highest BCUT2D eigenvalue weighted by Crippen LogP contribution is 2.19. The van der Waals surface area contributed by atoms with Crippen molar-refractivity contribution in [2.24, 2.45) is 0 Å². The van der Waals surface area contributed by atoms with Crippen molar-refractivity contribution in [2.75, 3.05) is 37.9 Å². The van der Waals surface area contributed by atoms with Crippen LogP contribution >= 0.6 is 0 Å². The molecule has 0 aliphatic carbocycles. The number of pyridine rings is 1. The molecular formula is C10H17N3O. The predicted octanol–water partition coefficient (Wildman–Crippen LogP) is 1.14. The molecule has 0 aliphatic rings. The van der Waals surface area contributed by atoms with Crippen LogP contribution in [-0.4, -0.2) is 32.3 Å². The second-order valence-corrected chi connectivity index (χ2v) is 3.20. The third kappa shape index (κ3) is 2.88. The van der Waals surface area contributed by atoms with E-state index in [0.29, 0.717) is 5.69 Å². The Kier molecular flexibility index (Phi) is 4.19. The number of hydrogen-bond acceptors (Lipinski definition) is 4. The SMILES string of the molecule is COCCCN(C)c1ccncc1N. The first-order valence-corrected chi connectivity index (χ1v) is 4.65. The highest BCUT2D eigenvalue weighted by atomic mass is 16.5. The molecular weight excluding hydrogens is 178 g/mol. The van der Waals surface area contributed by atoms with Crippen LogP contribution in [0, 0.1) is 0 Å². The third-order valence-electron chi connectivity index (χ3n) is 2.08. The zero-order valence-electron chi connectivity index (χ0n) is 8.73. The van der Waals surface area contributed by atoms with Gasteiger partial charge in [0.15, 0.2) is 0 Å². The number of aromatic nitrogens is 1. The molecule has 1 aromatic rings. The summed E-state index contributed by atoms with van der Waals surface area (Å²) in [5.74, 6) is 0. The van der Waals surface area contributed by atoms with E-state index in [1.54, 1.807) is 19.5 Å². The van der Waals surface area contributed by atoms with E-state index >= 15 is 0 Å². The van der Waals surface area contributed by atoms with Gasteiger partial charge in [-0.1, -0.05) is 0 Å². The maximum Gasteiger partial charge on any atom is 0.0738 e. The minimum Gasteiger partial charge on any atom is -0.396 e. The lowest BCUT2D eigenvalue weighted by atomic mass is 10.3. The first-order chi connectivity index (χ1) is 6.75. The Morgan fingerprint density at radius 1 is 1.57 bits per heavy atom. The quantitative estimate of drug-likeness (QED) is 0.716. The predicted molar refractivity (Wildman–Crippen MR) is 58.4 cm³/mol. The third-order valence-corrected chi connectivity index (χ3v) is 2.08. The molecule has 1 rings (SSSR count). The van der Waals surface area contributed by atoms with Crippen LogP contribution < -0.4 is 10.6 Å². The first-order valence-electron chi connectivity index (χ1n) is 4.65. The molecule has 0 amide bonds. The zero-order chi connectivity index (χ0) is 10.4. The van der Waals surface area contributed by atoms with Crippen LogP contribution in [0.3, 0.4) is 0 Å². The maximum absolute atomic E-state index is 5.79. The minimum absolute atomic E-state index is 0.715. The van der Waals surface area contributed by atoms with Crippen LogP contribution in [0.25, 0.3) is 0 Å². The smallest absolute Gasteiger partial charge is 0.0738 e. The lowest BCUT2D eigenvalue weighted by molar-refractivity contribution is 0.196. The Morgan fingerprint density at radius 3 is 3.00 bits per heavy atom. The van der Waals surface area contributed by atoms with Gasteiger partial charge < -0.3 is 15.4 Å². The van der Waals surface area contributed by atoms with Gasteiger partial charge in [0, 0.05) is 33.5 Å². The van der Waals surface area contributed by atoms with Crippen LogP contribution in [0.2, 0.25) is 0 Å². The van der Waals surface area contributed by atoms with Gasteiger partial charge >= 0.3 is 0 Å². The van der Waals surface area contributed by atoms with Crippen LogP contribution in [0.4, 0.5) is 11.4 Å². The maximum atomic E-state index is 5.79. The molecule has 0 saturated carbocycles. The van der Waals surface area contributed by atoms with E-state index < -0.39 is 0 Å². The van der Waals surface area contributed by atoms with Gasteiger partial charge in [-0.2, -0.15) is 0 Å². The molecule has 0 unspecified atom stereocenters. The molecule has 78 valence electrons. The summed E-state index contributed by atoms with van der Waals surface area (Å²) in [5.41, 5.74) is 7.53. The molecule has 1 aromatic heterocycles.